The van der Waals surface area contributed by atoms with Gasteiger partial charge in [0.05, 0.1) is 27.4 Å². The SMILES string of the molecule is CCC(=O)OC.CCC(=O)OC.CCOC(C)=O.CCOC(C)=O.COCC(C)=O.COCC(C)=O. The number of hydrogen-bond acceptors (Lipinski definition) is 12. The summed E-state index contributed by atoms with van der Waals surface area (Å²) >= 11 is 0. The molecule has 0 aliphatic carbocycles. The second-order valence-electron chi connectivity index (χ2n) is 5.98. The Morgan fingerprint density at radius 1 is 0.500 bits per heavy atom. The first-order chi connectivity index (χ1) is 16.7. The molecule has 0 unspecified atom stereocenters. The summed E-state index contributed by atoms with van der Waals surface area (Å²) in [7, 11) is 5.76. The Morgan fingerprint density at radius 3 is 0.750 bits per heavy atom. The van der Waals surface area contributed by atoms with E-state index in [0.29, 0.717) is 26.1 Å². The van der Waals surface area contributed by atoms with Gasteiger partial charge in [0.25, 0.3) is 0 Å². The van der Waals surface area contributed by atoms with Crippen molar-refractivity contribution in [3.05, 3.63) is 0 Å². The number of Topliss-reactive ketones (excluding diaryl/α,β-unsaturated/α-hetero) is 2. The highest BCUT2D eigenvalue weighted by atomic mass is 16.5. The highest BCUT2D eigenvalue weighted by Crippen LogP contribution is 1.77. The number of ketones is 2. The molecule has 0 heterocycles. The second kappa shape index (κ2) is 42.3. The van der Waals surface area contributed by atoms with Gasteiger partial charge in [-0.05, 0) is 27.7 Å². The van der Waals surface area contributed by atoms with Crippen molar-refractivity contribution in [2.24, 2.45) is 0 Å². The molecule has 0 radical (unpaired) electrons. The number of ether oxygens (including phenoxy) is 6. The van der Waals surface area contributed by atoms with Crippen molar-refractivity contribution in [3.8, 4) is 0 Å². The molecule has 0 spiro atoms. The predicted octanol–water partition coefficient (Wildman–Crippen LogP) is 2.72. The Labute approximate surface area is 216 Å². The van der Waals surface area contributed by atoms with Crippen LogP contribution < -0.4 is 0 Å². The van der Waals surface area contributed by atoms with Gasteiger partial charge >= 0.3 is 23.9 Å². The van der Waals surface area contributed by atoms with E-state index in [1.54, 1.807) is 27.7 Å². The average molecular weight is 529 g/mol. The van der Waals surface area contributed by atoms with Crippen molar-refractivity contribution in [2.75, 3.05) is 54.9 Å². The van der Waals surface area contributed by atoms with Crippen LogP contribution in [0.5, 0.6) is 0 Å². The molecule has 0 rings (SSSR count). The molecule has 0 N–H and O–H groups in total. The number of esters is 4. The molecule has 0 aliphatic rings. The van der Waals surface area contributed by atoms with Gasteiger partial charge in [-0.3, -0.25) is 28.8 Å². The minimum atomic E-state index is -0.211. The van der Waals surface area contributed by atoms with Crippen LogP contribution in [0.4, 0.5) is 0 Å². The molecule has 0 aromatic heterocycles. The largest absolute Gasteiger partial charge is 0.469 e. The first-order valence-corrected chi connectivity index (χ1v) is 11.1. The summed E-state index contributed by atoms with van der Waals surface area (Å²) in [5.41, 5.74) is 0. The third-order valence-corrected chi connectivity index (χ3v) is 2.42. The first-order valence-electron chi connectivity index (χ1n) is 11.1. The van der Waals surface area contributed by atoms with Crippen LogP contribution in [0.25, 0.3) is 0 Å². The zero-order valence-electron chi connectivity index (χ0n) is 24.1. The molecule has 0 aliphatic heterocycles. The Morgan fingerprint density at radius 2 is 0.750 bits per heavy atom. The maximum Gasteiger partial charge on any atom is 0.305 e. The zero-order chi connectivity index (χ0) is 29.9. The van der Waals surface area contributed by atoms with E-state index in [-0.39, 0.29) is 48.7 Å². The summed E-state index contributed by atoms with van der Waals surface area (Å²) in [5, 5.41) is 0. The van der Waals surface area contributed by atoms with Crippen LogP contribution in [0.1, 0.15) is 68.2 Å². The van der Waals surface area contributed by atoms with Crippen molar-refractivity contribution >= 4 is 35.4 Å². The summed E-state index contributed by atoms with van der Waals surface area (Å²) < 4.78 is 26.2. The Bertz CT molecular complexity index is 453. The molecule has 0 aromatic carbocycles. The smallest absolute Gasteiger partial charge is 0.305 e. The molecular weight excluding hydrogens is 480 g/mol. The topological polar surface area (TPSA) is 158 Å². The van der Waals surface area contributed by atoms with Crippen LogP contribution in [0.15, 0.2) is 0 Å². The monoisotopic (exact) mass is 528 g/mol. The molecule has 0 aromatic rings. The Balaban J connectivity index is -0.0000000750. The molecule has 12 heteroatoms. The standard InChI is InChI=1S/6C4H8O2/c2*1-4(5)3-6-2;2*1-3-4(5)6-2;2*1-3-6-4(2)5/h6*3H2,1-2H3. The minimum Gasteiger partial charge on any atom is -0.469 e. The van der Waals surface area contributed by atoms with Gasteiger partial charge in [-0.15, -0.1) is 0 Å². The number of hydrogen-bond donors (Lipinski definition) is 0. The molecule has 0 amide bonds. The molecule has 0 fully saturated rings. The lowest BCUT2D eigenvalue weighted by molar-refractivity contribution is -0.141. The van der Waals surface area contributed by atoms with Crippen LogP contribution >= 0.6 is 0 Å². The van der Waals surface area contributed by atoms with Crippen LogP contribution in [0, 0.1) is 0 Å². The Kier molecular flexibility index (Phi) is 54.6. The van der Waals surface area contributed by atoms with E-state index in [4.69, 9.17) is 0 Å². The molecule has 0 bridgehead atoms. The van der Waals surface area contributed by atoms with Crippen LogP contribution in [-0.4, -0.2) is 90.3 Å². The van der Waals surface area contributed by atoms with Crippen molar-refractivity contribution in [3.63, 3.8) is 0 Å². The zero-order valence-corrected chi connectivity index (χ0v) is 24.1. The fraction of sp³-hybridized carbons (Fsp3) is 0.750. The summed E-state index contributed by atoms with van der Waals surface area (Å²) in [6.45, 7) is 14.3. The molecule has 0 saturated heterocycles. The molecule has 36 heavy (non-hydrogen) atoms. The summed E-state index contributed by atoms with van der Waals surface area (Å²) in [5.74, 6) is -0.602. The van der Waals surface area contributed by atoms with Crippen molar-refractivity contribution < 1.29 is 57.2 Å². The third kappa shape index (κ3) is 96.3. The fourth-order valence-electron chi connectivity index (χ4n) is 1.10. The summed E-state index contributed by atoms with van der Waals surface area (Å²) in [6.07, 6.45) is 0.938. The van der Waals surface area contributed by atoms with Gasteiger partial charge < -0.3 is 28.4 Å². The lowest BCUT2D eigenvalue weighted by Gasteiger charge is -1.89. The van der Waals surface area contributed by atoms with E-state index in [1.165, 1.54) is 56.1 Å². The van der Waals surface area contributed by atoms with E-state index < -0.39 is 0 Å². The molecule has 0 saturated carbocycles. The van der Waals surface area contributed by atoms with Crippen LogP contribution in [0.2, 0.25) is 0 Å². The second-order valence-corrected chi connectivity index (χ2v) is 5.98. The summed E-state index contributed by atoms with van der Waals surface area (Å²) in [4.78, 5) is 59.4. The lowest BCUT2D eigenvalue weighted by atomic mass is 10.5. The van der Waals surface area contributed by atoms with E-state index in [0.717, 1.165) is 0 Å². The highest BCUT2D eigenvalue weighted by molar-refractivity contribution is 5.77. The normalized spacial score (nSPS) is 7.89. The van der Waals surface area contributed by atoms with E-state index in [1.807, 2.05) is 0 Å². The van der Waals surface area contributed by atoms with Gasteiger partial charge in [0.2, 0.25) is 0 Å². The third-order valence-electron chi connectivity index (χ3n) is 2.42. The Hall–Kier alpha value is -2.86. The fourth-order valence-corrected chi connectivity index (χ4v) is 1.10. The van der Waals surface area contributed by atoms with E-state index in [2.05, 4.69) is 28.4 Å². The molecule has 0 atom stereocenters. The average Bonchev–Trinajstić information content (AvgIpc) is 2.79. The number of rotatable bonds is 8. The maximum atomic E-state index is 9.96. The van der Waals surface area contributed by atoms with Gasteiger partial charge in [0.15, 0.2) is 11.6 Å². The lowest BCUT2D eigenvalue weighted by Crippen LogP contribution is -1.98. The summed E-state index contributed by atoms with van der Waals surface area (Å²) in [6, 6.07) is 0. The van der Waals surface area contributed by atoms with Crippen molar-refractivity contribution in [2.45, 2.75) is 68.2 Å². The minimum absolute atomic E-state index is 0.0671. The van der Waals surface area contributed by atoms with Crippen LogP contribution in [0.3, 0.4) is 0 Å². The van der Waals surface area contributed by atoms with Crippen molar-refractivity contribution in [1.82, 2.24) is 0 Å². The van der Waals surface area contributed by atoms with Crippen LogP contribution in [-0.2, 0) is 57.2 Å². The van der Waals surface area contributed by atoms with Gasteiger partial charge in [-0.25, -0.2) is 0 Å². The van der Waals surface area contributed by atoms with Gasteiger partial charge in [0, 0.05) is 40.9 Å². The quantitative estimate of drug-likeness (QED) is 0.335. The first kappa shape index (κ1) is 46.5. The van der Waals surface area contributed by atoms with E-state index >= 15 is 0 Å². The van der Waals surface area contributed by atoms with Crippen molar-refractivity contribution in [1.29, 1.82) is 0 Å². The molecule has 12 nitrogen and oxygen atoms in total. The molecule has 216 valence electrons. The maximum absolute atomic E-state index is 9.96. The number of carbonyl (C=O) groups excluding carboxylic acids is 6. The van der Waals surface area contributed by atoms with Gasteiger partial charge in [-0.1, -0.05) is 13.8 Å². The van der Waals surface area contributed by atoms with E-state index in [9.17, 15) is 28.8 Å². The predicted molar refractivity (Wildman–Crippen MR) is 134 cm³/mol. The van der Waals surface area contributed by atoms with Gasteiger partial charge in [0.1, 0.15) is 13.2 Å². The highest BCUT2D eigenvalue weighted by Gasteiger charge is 1.88. The number of methoxy groups -OCH3 is 4. The molecular formula is C24H48O12. The van der Waals surface area contributed by atoms with Gasteiger partial charge in [-0.2, -0.15) is 0 Å². The number of carbonyl (C=O) groups is 6.